The van der Waals surface area contributed by atoms with Crippen LogP contribution >= 0.6 is 23.2 Å². The second-order valence-corrected chi connectivity index (χ2v) is 6.16. The van der Waals surface area contributed by atoms with E-state index < -0.39 is 0 Å². The quantitative estimate of drug-likeness (QED) is 0.477. The monoisotopic (exact) mass is 342 g/mol. The lowest BCUT2D eigenvalue weighted by molar-refractivity contribution is 0.593. The average Bonchev–Trinajstić information content (AvgIpc) is 3.15. The number of halogens is 2. The molecule has 0 bridgehead atoms. The van der Waals surface area contributed by atoms with E-state index in [2.05, 4.69) is 16.0 Å². The van der Waals surface area contributed by atoms with Gasteiger partial charge in [-0.1, -0.05) is 35.3 Å². The fourth-order valence-corrected chi connectivity index (χ4v) is 2.94. The molecule has 0 radical (unpaired) electrons. The van der Waals surface area contributed by atoms with Gasteiger partial charge in [0, 0.05) is 5.56 Å². The minimum absolute atomic E-state index is 0.482. The van der Waals surface area contributed by atoms with Gasteiger partial charge in [0.2, 0.25) is 0 Å². The molecule has 4 rings (SSSR count). The van der Waals surface area contributed by atoms with Crippen molar-refractivity contribution in [1.29, 1.82) is 0 Å². The van der Waals surface area contributed by atoms with E-state index in [1.165, 1.54) is 5.56 Å². The molecule has 0 spiro atoms. The molecule has 1 N–H and O–H groups in total. The summed E-state index contributed by atoms with van der Waals surface area (Å²) in [6.45, 7) is 2.05. The summed E-state index contributed by atoms with van der Waals surface area (Å²) in [5.41, 5.74) is 3.83. The van der Waals surface area contributed by atoms with Crippen LogP contribution in [-0.4, -0.2) is 9.97 Å². The first-order valence-electron chi connectivity index (χ1n) is 7.13. The molecule has 0 aliphatic rings. The third-order valence-electron chi connectivity index (χ3n) is 3.69. The van der Waals surface area contributed by atoms with Crippen LogP contribution in [0.4, 0.5) is 0 Å². The van der Waals surface area contributed by atoms with Gasteiger partial charge in [-0.3, -0.25) is 0 Å². The molecule has 0 saturated heterocycles. The van der Waals surface area contributed by atoms with E-state index in [4.69, 9.17) is 27.6 Å². The minimum atomic E-state index is 0.482. The van der Waals surface area contributed by atoms with Gasteiger partial charge in [-0.2, -0.15) is 0 Å². The number of aromatic nitrogens is 2. The van der Waals surface area contributed by atoms with Crippen molar-refractivity contribution >= 4 is 34.2 Å². The van der Waals surface area contributed by atoms with Gasteiger partial charge in [-0.15, -0.1) is 0 Å². The highest BCUT2D eigenvalue weighted by molar-refractivity contribution is 6.43. The zero-order valence-electron chi connectivity index (χ0n) is 12.2. The Bertz CT molecular complexity index is 1020. The molecule has 0 atom stereocenters. The third kappa shape index (κ3) is 2.52. The normalized spacial score (nSPS) is 11.3. The number of nitrogens with zero attached hydrogens (tertiary/aromatic N) is 1. The summed E-state index contributed by atoms with van der Waals surface area (Å²) >= 11 is 12.3. The summed E-state index contributed by atoms with van der Waals surface area (Å²) in [5.74, 6) is 2.00. The smallest absolute Gasteiger partial charge is 0.174 e. The highest BCUT2D eigenvalue weighted by Crippen LogP contribution is 2.36. The second kappa shape index (κ2) is 5.44. The van der Waals surface area contributed by atoms with Gasteiger partial charge in [0.05, 0.1) is 21.1 Å². The SMILES string of the molecule is Cc1ccc2nc(-c3ccc(-c4cccc(Cl)c4Cl)o3)[nH]c2c1. The molecule has 114 valence electrons. The molecule has 5 heteroatoms. The van der Waals surface area contributed by atoms with Gasteiger partial charge in [0.25, 0.3) is 0 Å². The lowest BCUT2D eigenvalue weighted by atomic mass is 10.2. The van der Waals surface area contributed by atoms with Gasteiger partial charge in [-0.05, 0) is 48.9 Å². The number of imidazole rings is 1. The van der Waals surface area contributed by atoms with E-state index in [1.807, 2.05) is 43.3 Å². The predicted molar refractivity (Wildman–Crippen MR) is 94.0 cm³/mol. The molecule has 3 nitrogen and oxygen atoms in total. The number of nitrogens with one attached hydrogen (secondary N) is 1. The molecular formula is C18H12Cl2N2O. The molecular weight excluding hydrogens is 331 g/mol. The molecule has 2 heterocycles. The molecule has 0 aliphatic heterocycles. The number of benzene rings is 2. The first-order chi connectivity index (χ1) is 11.1. The van der Waals surface area contributed by atoms with Gasteiger partial charge in [0.15, 0.2) is 11.6 Å². The van der Waals surface area contributed by atoms with Gasteiger partial charge < -0.3 is 9.40 Å². The van der Waals surface area contributed by atoms with Crippen molar-refractivity contribution < 1.29 is 4.42 Å². The van der Waals surface area contributed by atoms with Crippen molar-refractivity contribution in [2.45, 2.75) is 6.92 Å². The molecule has 0 aliphatic carbocycles. The van der Waals surface area contributed by atoms with E-state index >= 15 is 0 Å². The molecule has 0 unspecified atom stereocenters. The number of fused-ring (bicyclic) bond motifs is 1. The lowest BCUT2D eigenvalue weighted by Gasteiger charge is -2.02. The summed E-state index contributed by atoms with van der Waals surface area (Å²) in [5, 5.41) is 0.983. The first kappa shape index (κ1) is 14.4. The van der Waals surface area contributed by atoms with E-state index in [0.29, 0.717) is 27.4 Å². The summed E-state index contributed by atoms with van der Waals surface area (Å²) in [7, 11) is 0. The van der Waals surface area contributed by atoms with Crippen LogP contribution in [0.15, 0.2) is 52.9 Å². The summed E-state index contributed by atoms with van der Waals surface area (Å²) in [6.07, 6.45) is 0. The summed E-state index contributed by atoms with van der Waals surface area (Å²) < 4.78 is 5.91. The van der Waals surface area contributed by atoms with E-state index in [-0.39, 0.29) is 0 Å². The van der Waals surface area contributed by atoms with Crippen LogP contribution in [-0.2, 0) is 0 Å². The molecule has 2 aromatic carbocycles. The van der Waals surface area contributed by atoms with Gasteiger partial charge in [0.1, 0.15) is 5.76 Å². The number of H-pyrrole nitrogens is 1. The van der Waals surface area contributed by atoms with Crippen molar-refractivity contribution in [1.82, 2.24) is 9.97 Å². The van der Waals surface area contributed by atoms with Crippen LogP contribution < -0.4 is 0 Å². The van der Waals surface area contributed by atoms with Crippen molar-refractivity contribution in [3.63, 3.8) is 0 Å². The number of hydrogen-bond donors (Lipinski definition) is 1. The zero-order chi connectivity index (χ0) is 16.0. The van der Waals surface area contributed by atoms with E-state index in [0.717, 1.165) is 16.6 Å². The standard InChI is InChI=1S/C18H12Cl2N2O/c1-10-5-6-13-14(9-10)22-18(21-13)16-8-7-15(23-16)11-3-2-4-12(19)17(11)20/h2-9H,1H3,(H,21,22). The Hall–Kier alpha value is -2.23. The predicted octanol–water partition coefficient (Wildman–Crippen LogP) is 6.11. The maximum Gasteiger partial charge on any atom is 0.174 e. The topological polar surface area (TPSA) is 41.8 Å². The Balaban J connectivity index is 1.78. The maximum absolute atomic E-state index is 6.25. The second-order valence-electron chi connectivity index (χ2n) is 5.37. The molecule has 0 saturated carbocycles. The number of hydrogen-bond acceptors (Lipinski definition) is 2. The Morgan fingerprint density at radius 1 is 1.00 bits per heavy atom. The van der Waals surface area contributed by atoms with Crippen LogP contribution in [0.2, 0.25) is 10.0 Å². The van der Waals surface area contributed by atoms with Crippen molar-refractivity contribution in [3.05, 3.63) is 64.1 Å². The number of furan rings is 1. The number of rotatable bonds is 2. The van der Waals surface area contributed by atoms with Crippen LogP contribution in [0.1, 0.15) is 5.56 Å². The minimum Gasteiger partial charge on any atom is -0.453 e. The molecule has 4 aromatic rings. The Kier molecular flexibility index (Phi) is 3.40. The van der Waals surface area contributed by atoms with Crippen LogP contribution in [0, 0.1) is 6.92 Å². The highest BCUT2D eigenvalue weighted by Gasteiger charge is 2.14. The van der Waals surface area contributed by atoms with Crippen molar-refractivity contribution in [3.8, 4) is 22.9 Å². The lowest BCUT2D eigenvalue weighted by Crippen LogP contribution is -1.78. The number of aryl methyl sites for hydroxylation is 1. The van der Waals surface area contributed by atoms with Crippen LogP contribution in [0.3, 0.4) is 0 Å². The zero-order valence-corrected chi connectivity index (χ0v) is 13.7. The summed E-state index contributed by atoms with van der Waals surface area (Å²) in [4.78, 5) is 7.84. The largest absolute Gasteiger partial charge is 0.453 e. The molecule has 23 heavy (non-hydrogen) atoms. The van der Waals surface area contributed by atoms with Crippen molar-refractivity contribution in [2.75, 3.05) is 0 Å². The van der Waals surface area contributed by atoms with Gasteiger partial charge >= 0.3 is 0 Å². The molecule has 0 fully saturated rings. The number of aromatic amines is 1. The third-order valence-corrected chi connectivity index (χ3v) is 4.51. The van der Waals surface area contributed by atoms with Crippen LogP contribution in [0.25, 0.3) is 33.9 Å². The highest BCUT2D eigenvalue weighted by atomic mass is 35.5. The first-order valence-corrected chi connectivity index (χ1v) is 7.88. The Morgan fingerprint density at radius 2 is 1.83 bits per heavy atom. The summed E-state index contributed by atoms with van der Waals surface area (Å²) in [6, 6.07) is 15.3. The van der Waals surface area contributed by atoms with Crippen LogP contribution in [0.5, 0.6) is 0 Å². The average molecular weight is 343 g/mol. The van der Waals surface area contributed by atoms with Crippen molar-refractivity contribution in [2.24, 2.45) is 0 Å². The van der Waals surface area contributed by atoms with Gasteiger partial charge in [-0.25, -0.2) is 4.98 Å². The fourth-order valence-electron chi connectivity index (χ4n) is 2.54. The Morgan fingerprint density at radius 3 is 2.70 bits per heavy atom. The fraction of sp³-hybridized carbons (Fsp3) is 0.0556. The van der Waals surface area contributed by atoms with E-state index in [1.54, 1.807) is 6.07 Å². The Labute approximate surface area is 142 Å². The molecule has 0 amide bonds. The molecule has 2 aromatic heterocycles. The maximum atomic E-state index is 6.25. The van der Waals surface area contributed by atoms with E-state index in [9.17, 15) is 0 Å².